The molecule has 4 rings (SSSR count). The first-order valence-corrected chi connectivity index (χ1v) is 9.24. The number of carbonyl (C=O) groups excluding carboxylic acids is 1. The quantitative estimate of drug-likeness (QED) is 0.691. The molecule has 150 valence electrons. The summed E-state index contributed by atoms with van der Waals surface area (Å²) in [6, 6.07) is 12.1. The molecule has 2 heterocycles. The third-order valence-electron chi connectivity index (χ3n) is 4.98. The normalized spacial score (nSPS) is 16.1. The monoisotopic (exact) mass is 398 g/mol. The molecule has 1 aromatic heterocycles. The lowest BCUT2D eigenvalue weighted by atomic mass is 10.1. The predicted molar refractivity (Wildman–Crippen MR) is 105 cm³/mol. The number of ether oxygens (including phenoxy) is 1. The zero-order valence-corrected chi connectivity index (χ0v) is 15.8. The zero-order chi connectivity index (χ0) is 20.4. The topological polar surface area (TPSA) is 70.2 Å². The minimum absolute atomic E-state index is 0.0707. The summed E-state index contributed by atoms with van der Waals surface area (Å²) >= 11 is 0. The molecule has 3 aromatic rings. The van der Waals surface area contributed by atoms with E-state index in [0.29, 0.717) is 6.54 Å². The van der Waals surface area contributed by atoms with Crippen molar-refractivity contribution in [2.24, 2.45) is 0 Å². The van der Waals surface area contributed by atoms with Crippen molar-refractivity contribution in [3.05, 3.63) is 65.7 Å². The molecule has 0 saturated carbocycles. The third kappa shape index (κ3) is 4.06. The van der Waals surface area contributed by atoms with Crippen LogP contribution in [0, 0.1) is 11.6 Å². The summed E-state index contributed by atoms with van der Waals surface area (Å²) < 4.78 is 31.8. The minimum atomic E-state index is -0.571. The Morgan fingerprint density at radius 2 is 2.00 bits per heavy atom. The van der Waals surface area contributed by atoms with Gasteiger partial charge in [0.05, 0.1) is 12.8 Å². The van der Waals surface area contributed by atoms with Crippen LogP contribution in [0.1, 0.15) is 16.8 Å². The van der Waals surface area contributed by atoms with Crippen LogP contribution in [0.5, 0.6) is 5.75 Å². The molecule has 1 aliphatic rings. The largest absolute Gasteiger partial charge is 0.494 e. The maximum atomic E-state index is 13.8. The number of aromatic amines is 1. The lowest BCUT2D eigenvalue weighted by Crippen LogP contribution is -2.37. The molecule has 6 nitrogen and oxygen atoms in total. The lowest BCUT2D eigenvalue weighted by Gasteiger charge is -2.16. The van der Waals surface area contributed by atoms with E-state index in [1.807, 2.05) is 6.07 Å². The van der Waals surface area contributed by atoms with Gasteiger partial charge in [-0.2, -0.15) is 5.10 Å². The second kappa shape index (κ2) is 7.90. The Balaban J connectivity index is 1.38. The van der Waals surface area contributed by atoms with Crippen molar-refractivity contribution < 1.29 is 18.3 Å². The molecule has 1 atom stereocenters. The number of nitrogens with zero attached hydrogens (tertiary/aromatic N) is 2. The summed E-state index contributed by atoms with van der Waals surface area (Å²) in [5, 5.41) is 10.2. The fraction of sp³-hybridized carbons (Fsp3) is 0.238. The summed E-state index contributed by atoms with van der Waals surface area (Å²) in [5.74, 6) is -0.325. The maximum Gasteiger partial charge on any atom is 0.251 e. The van der Waals surface area contributed by atoms with Gasteiger partial charge in [-0.1, -0.05) is 0 Å². The molecule has 0 spiro atoms. The van der Waals surface area contributed by atoms with E-state index in [2.05, 4.69) is 20.4 Å². The average Bonchev–Trinajstić information content (AvgIpc) is 3.38. The summed E-state index contributed by atoms with van der Waals surface area (Å²) in [6.07, 6.45) is 0.753. The van der Waals surface area contributed by atoms with Crippen molar-refractivity contribution in [1.82, 2.24) is 15.5 Å². The zero-order valence-electron chi connectivity index (χ0n) is 15.8. The molecule has 8 heteroatoms. The van der Waals surface area contributed by atoms with Gasteiger partial charge in [0.25, 0.3) is 5.91 Å². The lowest BCUT2D eigenvalue weighted by molar-refractivity contribution is 0.0940. The second-order valence-electron chi connectivity index (χ2n) is 6.90. The van der Waals surface area contributed by atoms with Crippen LogP contribution < -0.4 is 15.0 Å². The fourth-order valence-electron chi connectivity index (χ4n) is 3.41. The van der Waals surface area contributed by atoms with Crippen molar-refractivity contribution in [1.29, 1.82) is 0 Å². The van der Waals surface area contributed by atoms with Gasteiger partial charge in [-0.3, -0.25) is 9.89 Å². The van der Waals surface area contributed by atoms with Gasteiger partial charge in [0.2, 0.25) is 0 Å². The van der Waals surface area contributed by atoms with Crippen LogP contribution in [0.25, 0.3) is 11.3 Å². The van der Waals surface area contributed by atoms with E-state index in [9.17, 15) is 13.6 Å². The van der Waals surface area contributed by atoms with E-state index in [1.54, 1.807) is 12.1 Å². The molecule has 0 aliphatic carbocycles. The first kappa shape index (κ1) is 18.9. The number of anilines is 1. The van der Waals surface area contributed by atoms with Crippen molar-refractivity contribution in [3.8, 4) is 17.0 Å². The minimum Gasteiger partial charge on any atom is -0.494 e. The standard InChI is InChI=1S/C21H20F2N4O2/c1-29-19-7-4-14(10-17(19)23)21(28)24-16-8-9-27(12-16)20-11-18(25-26-20)13-2-5-15(22)6-3-13/h2-7,10-11,16H,8-9,12H2,1H3,(H,24,28)(H,25,26). The van der Waals surface area contributed by atoms with Crippen LogP contribution in [0.15, 0.2) is 48.5 Å². The van der Waals surface area contributed by atoms with Crippen LogP contribution in [-0.2, 0) is 0 Å². The molecular weight excluding hydrogens is 378 g/mol. The number of carbonyl (C=O) groups is 1. The molecule has 2 N–H and O–H groups in total. The number of H-pyrrole nitrogens is 1. The van der Waals surface area contributed by atoms with E-state index in [0.717, 1.165) is 30.0 Å². The second-order valence-corrected chi connectivity index (χ2v) is 6.90. The van der Waals surface area contributed by atoms with Gasteiger partial charge in [0, 0.05) is 30.8 Å². The van der Waals surface area contributed by atoms with Gasteiger partial charge >= 0.3 is 0 Å². The number of benzene rings is 2. The van der Waals surface area contributed by atoms with Gasteiger partial charge in [-0.25, -0.2) is 8.78 Å². The third-order valence-corrected chi connectivity index (χ3v) is 4.98. The highest BCUT2D eigenvalue weighted by Crippen LogP contribution is 2.25. The highest BCUT2D eigenvalue weighted by Gasteiger charge is 2.26. The van der Waals surface area contributed by atoms with Crippen LogP contribution in [0.4, 0.5) is 14.6 Å². The number of nitrogens with one attached hydrogen (secondary N) is 2. The van der Waals surface area contributed by atoms with E-state index in [-0.39, 0.29) is 29.1 Å². The molecule has 2 aromatic carbocycles. The van der Waals surface area contributed by atoms with Gasteiger partial charge in [-0.15, -0.1) is 0 Å². The average molecular weight is 398 g/mol. The van der Waals surface area contributed by atoms with Gasteiger partial charge < -0.3 is 15.0 Å². The highest BCUT2D eigenvalue weighted by atomic mass is 19.1. The Kier molecular flexibility index (Phi) is 5.16. The smallest absolute Gasteiger partial charge is 0.251 e. The van der Waals surface area contributed by atoms with Crippen LogP contribution >= 0.6 is 0 Å². The van der Waals surface area contributed by atoms with Crippen molar-refractivity contribution in [2.75, 3.05) is 25.1 Å². The van der Waals surface area contributed by atoms with E-state index >= 15 is 0 Å². The summed E-state index contributed by atoms with van der Waals surface area (Å²) in [7, 11) is 1.38. The van der Waals surface area contributed by atoms with Crippen LogP contribution in [-0.4, -0.2) is 42.3 Å². The number of amides is 1. The molecule has 1 fully saturated rings. The number of aromatic nitrogens is 2. The molecule has 1 aliphatic heterocycles. The van der Waals surface area contributed by atoms with Gasteiger partial charge in [0.15, 0.2) is 17.4 Å². The Hall–Kier alpha value is -3.42. The molecule has 29 heavy (non-hydrogen) atoms. The van der Waals surface area contributed by atoms with E-state index < -0.39 is 5.82 Å². The predicted octanol–water partition coefficient (Wildman–Crippen LogP) is 3.37. The molecule has 1 amide bonds. The first-order chi connectivity index (χ1) is 14.0. The Morgan fingerprint density at radius 1 is 1.21 bits per heavy atom. The highest BCUT2D eigenvalue weighted by molar-refractivity contribution is 5.94. The number of hydrogen-bond acceptors (Lipinski definition) is 4. The van der Waals surface area contributed by atoms with Crippen LogP contribution in [0.3, 0.4) is 0 Å². The Morgan fingerprint density at radius 3 is 2.72 bits per heavy atom. The van der Waals surface area contributed by atoms with E-state index in [1.165, 1.54) is 37.4 Å². The number of hydrogen-bond donors (Lipinski definition) is 2. The molecule has 1 saturated heterocycles. The SMILES string of the molecule is COc1ccc(C(=O)NC2CCN(c3cc(-c4ccc(F)cc4)[nH]n3)C2)cc1F. The van der Waals surface area contributed by atoms with Gasteiger partial charge in [0.1, 0.15) is 5.82 Å². The van der Waals surface area contributed by atoms with Crippen molar-refractivity contribution >= 4 is 11.7 Å². The summed E-state index contributed by atoms with van der Waals surface area (Å²) in [5.41, 5.74) is 1.89. The first-order valence-electron chi connectivity index (χ1n) is 9.24. The fourth-order valence-corrected chi connectivity index (χ4v) is 3.41. The maximum absolute atomic E-state index is 13.8. The number of rotatable bonds is 5. The Bertz CT molecular complexity index is 1020. The van der Waals surface area contributed by atoms with Gasteiger partial charge in [-0.05, 0) is 54.4 Å². The number of methoxy groups -OCH3 is 1. The molecule has 0 bridgehead atoms. The van der Waals surface area contributed by atoms with Crippen LogP contribution in [0.2, 0.25) is 0 Å². The molecular formula is C21H20F2N4O2. The molecule has 0 radical (unpaired) electrons. The molecule has 1 unspecified atom stereocenters. The van der Waals surface area contributed by atoms with Crippen molar-refractivity contribution in [3.63, 3.8) is 0 Å². The summed E-state index contributed by atoms with van der Waals surface area (Å²) in [4.78, 5) is 14.5. The van der Waals surface area contributed by atoms with E-state index in [4.69, 9.17) is 4.74 Å². The Labute approximate surface area is 166 Å². The van der Waals surface area contributed by atoms with Crippen molar-refractivity contribution in [2.45, 2.75) is 12.5 Å². The summed E-state index contributed by atoms with van der Waals surface area (Å²) in [6.45, 7) is 1.33. The number of halogens is 2.